The molecular weight excluding hydrogens is 487 g/mol. The Kier molecular flexibility index (Phi) is 6.89. The minimum Gasteiger partial charge on any atom is -0.479 e. The van der Waals surface area contributed by atoms with Crippen LogP contribution in [0.2, 0.25) is 0 Å². The summed E-state index contributed by atoms with van der Waals surface area (Å²) in [6.07, 6.45) is -3.77. The summed E-state index contributed by atoms with van der Waals surface area (Å²) in [5.74, 6) is -1.91. The number of fused-ring (bicyclic) bond motifs is 5. The summed E-state index contributed by atoms with van der Waals surface area (Å²) in [7, 11) is 0. The van der Waals surface area contributed by atoms with Gasteiger partial charge in [-0.2, -0.15) is 0 Å². The second-order valence-electron chi connectivity index (χ2n) is 12.2. The lowest BCUT2D eigenvalue weighted by Gasteiger charge is -2.59. The van der Waals surface area contributed by atoms with Crippen molar-refractivity contribution >= 4 is 17.5 Å². The summed E-state index contributed by atoms with van der Waals surface area (Å²) < 4.78 is 26.7. The smallest absolute Gasteiger partial charge is 0.335 e. The Morgan fingerprint density at radius 1 is 1.08 bits per heavy atom. The number of carbonyl (C=O) groups is 3. The van der Waals surface area contributed by atoms with E-state index in [0.29, 0.717) is 19.3 Å². The average Bonchev–Trinajstić information content (AvgIpc) is 3.21. The number of ether oxygens (including phenoxy) is 2. The van der Waals surface area contributed by atoms with E-state index in [2.05, 4.69) is 6.92 Å². The Morgan fingerprint density at radius 3 is 2.51 bits per heavy atom. The van der Waals surface area contributed by atoms with Crippen LogP contribution in [0.25, 0.3) is 0 Å². The van der Waals surface area contributed by atoms with Crippen LogP contribution >= 0.6 is 0 Å². The molecular formula is C27H37FO9. The van der Waals surface area contributed by atoms with Crippen molar-refractivity contribution in [1.29, 1.82) is 0 Å². The van der Waals surface area contributed by atoms with Gasteiger partial charge in [0.15, 0.2) is 24.0 Å². The lowest BCUT2D eigenvalue weighted by molar-refractivity contribution is -0.292. The number of carboxylic acid groups (broad SMARTS) is 1. The highest BCUT2D eigenvalue weighted by molar-refractivity contribution is 5.91. The van der Waals surface area contributed by atoms with E-state index in [0.717, 1.165) is 31.3 Å². The van der Waals surface area contributed by atoms with E-state index in [1.807, 2.05) is 6.92 Å². The van der Waals surface area contributed by atoms with Gasteiger partial charge in [-0.05, 0) is 67.8 Å². The van der Waals surface area contributed by atoms with Crippen LogP contribution in [0.4, 0.5) is 4.39 Å². The molecule has 3 saturated carbocycles. The number of halogens is 1. The number of carboxylic acids is 1. The molecule has 4 N–H and O–H groups in total. The number of allylic oxidation sites excluding steroid dienone is 1. The van der Waals surface area contributed by atoms with Crippen molar-refractivity contribution in [2.24, 2.45) is 34.5 Å². The number of alkyl halides is 1. The fourth-order valence-corrected chi connectivity index (χ4v) is 8.46. The van der Waals surface area contributed by atoms with Crippen molar-refractivity contribution < 1.29 is 48.7 Å². The van der Waals surface area contributed by atoms with Crippen LogP contribution in [-0.4, -0.2) is 81.4 Å². The minimum absolute atomic E-state index is 0.0242. The van der Waals surface area contributed by atoms with Crippen molar-refractivity contribution in [3.63, 3.8) is 0 Å². The fraction of sp³-hybridized carbons (Fsp3) is 0.815. The number of aliphatic hydroxyl groups is 3. The van der Waals surface area contributed by atoms with E-state index < -0.39 is 60.8 Å². The second kappa shape index (κ2) is 9.48. The Hall–Kier alpha value is -1.72. The maximum absolute atomic E-state index is 16.1. The summed E-state index contributed by atoms with van der Waals surface area (Å²) >= 11 is 0. The molecule has 9 nitrogen and oxygen atoms in total. The van der Waals surface area contributed by atoms with Crippen molar-refractivity contribution in [3.8, 4) is 0 Å². The van der Waals surface area contributed by atoms with Gasteiger partial charge >= 0.3 is 5.97 Å². The van der Waals surface area contributed by atoms with E-state index in [4.69, 9.17) is 9.47 Å². The first-order chi connectivity index (χ1) is 17.4. The third-order valence-electron chi connectivity index (χ3n) is 10.6. The molecule has 0 spiro atoms. The van der Waals surface area contributed by atoms with Crippen molar-refractivity contribution in [2.75, 3.05) is 6.61 Å². The number of Topliss-reactive ketones (excluding diaryl/α,β-unsaturated/α-hetero) is 1. The molecule has 0 aromatic carbocycles. The maximum atomic E-state index is 16.1. The Morgan fingerprint density at radius 2 is 1.81 bits per heavy atom. The SMILES string of the molecule is C[C@@]12[C@@H](C(=O)COC3O[C@H](C(=O)O)[C@@H](O)[C@H](O)[C@H]3O)CC[C@H]1[C@@H]1CCC3=CC(=O)CC[C@]3(C)[C@H]1C[C@@H]2F. The van der Waals surface area contributed by atoms with Crippen LogP contribution in [-0.2, 0) is 23.9 Å². The predicted octanol–water partition coefficient (Wildman–Crippen LogP) is 1.56. The van der Waals surface area contributed by atoms with Gasteiger partial charge in [-0.1, -0.05) is 19.4 Å². The number of hydrogen-bond donors (Lipinski definition) is 4. The quantitative estimate of drug-likeness (QED) is 0.420. The number of hydrogen-bond acceptors (Lipinski definition) is 8. The third-order valence-corrected chi connectivity index (χ3v) is 10.6. The lowest BCUT2D eigenvalue weighted by Crippen LogP contribution is -2.60. The molecule has 1 heterocycles. The summed E-state index contributed by atoms with van der Waals surface area (Å²) in [5, 5.41) is 39.2. The molecule has 5 aliphatic rings. The fourth-order valence-electron chi connectivity index (χ4n) is 8.46. The maximum Gasteiger partial charge on any atom is 0.335 e. The highest BCUT2D eigenvalue weighted by Gasteiger charge is 2.64. The van der Waals surface area contributed by atoms with Gasteiger partial charge in [0.2, 0.25) is 0 Å². The monoisotopic (exact) mass is 524 g/mol. The van der Waals surface area contributed by atoms with Crippen LogP contribution < -0.4 is 0 Å². The number of rotatable bonds is 5. The van der Waals surface area contributed by atoms with Crippen LogP contribution in [0.3, 0.4) is 0 Å². The first kappa shape index (κ1) is 26.9. The van der Waals surface area contributed by atoms with Crippen molar-refractivity contribution in [2.45, 2.75) is 95.7 Å². The molecule has 1 aliphatic heterocycles. The zero-order valence-electron chi connectivity index (χ0n) is 21.2. The predicted molar refractivity (Wildman–Crippen MR) is 126 cm³/mol. The average molecular weight is 525 g/mol. The Bertz CT molecular complexity index is 998. The van der Waals surface area contributed by atoms with Crippen molar-refractivity contribution in [3.05, 3.63) is 11.6 Å². The minimum atomic E-state index is -1.85. The highest BCUT2D eigenvalue weighted by atomic mass is 19.1. The molecule has 0 amide bonds. The lowest BCUT2D eigenvalue weighted by atomic mass is 9.46. The molecule has 37 heavy (non-hydrogen) atoms. The molecule has 0 radical (unpaired) electrons. The van der Waals surface area contributed by atoms with Gasteiger partial charge in [0.25, 0.3) is 0 Å². The van der Waals surface area contributed by atoms with Gasteiger partial charge < -0.3 is 29.9 Å². The molecule has 206 valence electrons. The number of aliphatic carboxylic acids is 1. The van der Waals surface area contributed by atoms with Gasteiger partial charge in [0.05, 0.1) is 0 Å². The summed E-state index contributed by atoms with van der Waals surface area (Å²) in [6.45, 7) is 3.50. The molecule has 1 saturated heterocycles. The number of ketones is 2. The molecule has 4 aliphatic carbocycles. The van der Waals surface area contributed by atoms with Gasteiger partial charge in [-0.15, -0.1) is 0 Å². The summed E-state index contributed by atoms with van der Waals surface area (Å²) in [5.41, 5.74) is 0.0985. The van der Waals surface area contributed by atoms with Gasteiger partial charge in [0.1, 0.15) is 31.1 Å². The standard InChI is InChI=1S/C27H37FO9/c1-26-8-7-13(29)9-12(26)3-4-14-15-5-6-16(27(15,2)19(28)10-17(14)26)18(30)11-36-25-22(33)20(31)21(32)23(37-25)24(34)35/h9,14-17,19-23,25,31-33H,3-8,10-11H2,1-2H3,(H,34,35)/t14-,15-,16+,17-,19-,20-,21-,22+,23-,25?,26-,27-/m0/s1. The van der Waals surface area contributed by atoms with Crippen LogP contribution in [0.15, 0.2) is 11.6 Å². The second-order valence-corrected chi connectivity index (χ2v) is 12.2. The molecule has 5 rings (SSSR count). The summed E-state index contributed by atoms with van der Waals surface area (Å²) in [4.78, 5) is 36.7. The number of aliphatic hydroxyl groups excluding tert-OH is 3. The van der Waals surface area contributed by atoms with Crippen LogP contribution in [0.1, 0.15) is 58.8 Å². The topological polar surface area (TPSA) is 151 Å². The number of carbonyl (C=O) groups excluding carboxylic acids is 2. The first-order valence-corrected chi connectivity index (χ1v) is 13.3. The molecule has 12 atom stereocenters. The van der Waals surface area contributed by atoms with Crippen LogP contribution in [0.5, 0.6) is 0 Å². The van der Waals surface area contributed by atoms with Crippen LogP contribution in [0, 0.1) is 34.5 Å². The van der Waals surface area contributed by atoms with E-state index in [1.165, 1.54) is 0 Å². The zero-order chi connectivity index (χ0) is 26.9. The van der Waals surface area contributed by atoms with Gasteiger partial charge in [-0.25, -0.2) is 9.18 Å². The summed E-state index contributed by atoms with van der Waals surface area (Å²) in [6, 6.07) is 0. The third kappa shape index (κ3) is 4.11. The zero-order valence-corrected chi connectivity index (χ0v) is 21.2. The Labute approximate surface area is 215 Å². The molecule has 1 unspecified atom stereocenters. The molecule has 0 aromatic rings. The van der Waals surface area contributed by atoms with E-state index in [1.54, 1.807) is 6.08 Å². The first-order valence-electron chi connectivity index (χ1n) is 13.3. The van der Waals surface area contributed by atoms with Gasteiger partial charge in [-0.3, -0.25) is 9.59 Å². The highest BCUT2D eigenvalue weighted by Crippen LogP contribution is 2.67. The van der Waals surface area contributed by atoms with E-state index >= 15 is 4.39 Å². The molecule has 0 aromatic heterocycles. The van der Waals surface area contributed by atoms with E-state index in [9.17, 15) is 34.8 Å². The largest absolute Gasteiger partial charge is 0.479 e. The van der Waals surface area contributed by atoms with Gasteiger partial charge in [0, 0.05) is 17.8 Å². The van der Waals surface area contributed by atoms with Crippen molar-refractivity contribution in [1.82, 2.24) is 0 Å². The molecule has 4 fully saturated rings. The Balaban J connectivity index is 1.29. The molecule has 0 bridgehead atoms. The van der Waals surface area contributed by atoms with E-state index in [-0.39, 0.29) is 34.7 Å². The molecule has 10 heteroatoms. The normalized spacial score (nSPS) is 49.5.